The van der Waals surface area contributed by atoms with E-state index < -0.39 is 18.9 Å². The molecule has 1 heterocycles. The molecule has 8 heteroatoms. The average molecular weight is 337 g/mol. The monoisotopic (exact) mass is 336 g/mol. The summed E-state index contributed by atoms with van der Waals surface area (Å²) in [5.74, 6) is 0. The third-order valence-corrected chi connectivity index (χ3v) is 7.37. The molecule has 0 aliphatic rings. The van der Waals surface area contributed by atoms with Gasteiger partial charge in [-0.05, 0) is 25.1 Å². The van der Waals surface area contributed by atoms with Crippen molar-refractivity contribution in [1.82, 2.24) is 0 Å². The van der Waals surface area contributed by atoms with Crippen LogP contribution in [0, 0.1) is 6.92 Å². The van der Waals surface area contributed by atoms with Gasteiger partial charge in [-0.25, -0.2) is 16.8 Å². The molecule has 0 unspecified atom stereocenters. The molecule has 0 bridgehead atoms. The van der Waals surface area contributed by atoms with E-state index in [1.54, 1.807) is 12.1 Å². The van der Waals surface area contributed by atoms with Crippen molar-refractivity contribution in [2.45, 2.75) is 20.9 Å². The first kappa shape index (κ1) is 14.5. The first-order valence-corrected chi connectivity index (χ1v) is 9.73. The van der Waals surface area contributed by atoms with Crippen molar-refractivity contribution in [2.24, 2.45) is 0 Å². The smallest absolute Gasteiger partial charge is 0.218 e. The molecule has 0 fully saturated rings. The average Bonchev–Trinajstić information content (AvgIpc) is 2.79. The lowest BCUT2D eigenvalue weighted by atomic mass is 10.2. The van der Waals surface area contributed by atoms with E-state index in [0.717, 1.165) is 23.0 Å². The summed E-state index contributed by atoms with van der Waals surface area (Å²) in [7, 11) is -2.44. The fourth-order valence-corrected chi connectivity index (χ4v) is 5.09. The van der Waals surface area contributed by atoms with Crippen LogP contribution in [-0.4, -0.2) is 16.8 Å². The van der Waals surface area contributed by atoms with E-state index in [0.29, 0.717) is 0 Å². The van der Waals surface area contributed by atoms with Crippen molar-refractivity contribution in [3.05, 3.63) is 41.3 Å². The zero-order valence-electron chi connectivity index (χ0n) is 9.70. The zero-order valence-corrected chi connectivity index (χ0v) is 12.9. The van der Waals surface area contributed by atoms with Crippen molar-refractivity contribution in [3.8, 4) is 0 Å². The van der Waals surface area contributed by atoms with E-state index in [-0.39, 0.29) is 14.0 Å². The third kappa shape index (κ3) is 3.00. The summed E-state index contributed by atoms with van der Waals surface area (Å²) in [6, 6.07) is 7.40. The van der Waals surface area contributed by atoms with Crippen LogP contribution in [0.1, 0.15) is 5.56 Å². The van der Waals surface area contributed by atoms with Crippen LogP contribution in [0.3, 0.4) is 0 Å². The minimum absolute atomic E-state index is 0.0689. The van der Waals surface area contributed by atoms with Crippen molar-refractivity contribution >= 4 is 40.9 Å². The molecule has 0 aliphatic carbocycles. The van der Waals surface area contributed by atoms with E-state index in [1.165, 1.54) is 17.5 Å². The molecule has 4 nitrogen and oxygen atoms in total. The second-order valence-electron chi connectivity index (χ2n) is 3.86. The van der Waals surface area contributed by atoms with Crippen molar-refractivity contribution in [2.75, 3.05) is 0 Å². The second kappa shape index (κ2) is 4.90. The van der Waals surface area contributed by atoms with E-state index >= 15 is 0 Å². The number of halogens is 1. The number of rotatable bonds is 3. The maximum atomic E-state index is 12.3. The normalized spacial score (nSPS) is 12.5. The van der Waals surface area contributed by atoms with Gasteiger partial charge in [-0.1, -0.05) is 17.7 Å². The van der Waals surface area contributed by atoms with Crippen LogP contribution in [0.25, 0.3) is 0 Å². The van der Waals surface area contributed by atoms with Crippen LogP contribution in [0.2, 0.25) is 0 Å². The van der Waals surface area contributed by atoms with Crippen LogP contribution in [-0.2, 0) is 18.9 Å². The van der Waals surface area contributed by atoms with Gasteiger partial charge in [0.05, 0.1) is 9.79 Å². The molecule has 0 amide bonds. The Morgan fingerprint density at radius 2 is 1.58 bits per heavy atom. The van der Waals surface area contributed by atoms with E-state index in [4.69, 9.17) is 10.7 Å². The maximum absolute atomic E-state index is 12.3. The van der Waals surface area contributed by atoms with Crippen molar-refractivity contribution in [1.29, 1.82) is 0 Å². The summed E-state index contributed by atoms with van der Waals surface area (Å²) >= 11 is 0.782. The number of hydrogen-bond donors (Lipinski definition) is 0. The predicted octanol–water partition coefficient (Wildman–Crippen LogP) is 2.82. The fraction of sp³-hybridized carbons (Fsp3) is 0.0909. The predicted molar refractivity (Wildman–Crippen MR) is 74.0 cm³/mol. The van der Waals surface area contributed by atoms with Gasteiger partial charge >= 0.3 is 0 Å². The summed E-state index contributed by atoms with van der Waals surface area (Å²) in [5.41, 5.74) is 0.938. The van der Waals surface area contributed by atoms with Gasteiger partial charge in [-0.2, -0.15) is 0 Å². The quantitative estimate of drug-likeness (QED) is 0.808. The van der Waals surface area contributed by atoms with Gasteiger partial charge in [0, 0.05) is 16.1 Å². The maximum Gasteiger partial charge on any atom is 0.270 e. The van der Waals surface area contributed by atoms with Crippen LogP contribution in [0.5, 0.6) is 0 Å². The molecule has 0 radical (unpaired) electrons. The molecule has 1 aromatic heterocycles. The van der Waals surface area contributed by atoms with Crippen LogP contribution < -0.4 is 0 Å². The second-order valence-corrected chi connectivity index (χ2v) is 9.51. The third-order valence-electron chi connectivity index (χ3n) is 2.43. The van der Waals surface area contributed by atoms with E-state index in [2.05, 4.69) is 0 Å². The Bertz CT molecular complexity index is 802. The molecular weight excluding hydrogens is 328 g/mol. The van der Waals surface area contributed by atoms with E-state index in [1.807, 2.05) is 6.92 Å². The summed E-state index contributed by atoms with van der Waals surface area (Å²) in [6.45, 7) is 1.85. The summed E-state index contributed by atoms with van der Waals surface area (Å²) in [6.07, 6.45) is 0. The molecule has 1 aromatic carbocycles. The Hall–Kier alpha value is -0.890. The highest BCUT2D eigenvalue weighted by Gasteiger charge is 2.22. The number of hydrogen-bond acceptors (Lipinski definition) is 5. The molecule has 0 aliphatic heterocycles. The Morgan fingerprint density at radius 1 is 1.00 bits per heavy atom. The molecule has 0 saturated carbocycles. The molecule has 2 rings (SSSR count). The summed E-state index contributed by atoms with van der Waals surface area (Å²) in [5, 5.41) is 1.27. The highest BCUT2D eigenvalue weighted by molar-refractivity contribution is 8.15. The highest BCUT2D eigenvalue weighted by Crippen LogP contribution is 2.29. The molecule has 0 N–H and O–H groups in total. The molecule has 0 atom stereocenters. The Labute approximate surface area is 120 Å². The minimum atomic E-state index is -3.90. The van der Waals surface area contributed by atoms with Gasteiger partial charge in [0.1, 0.15) is 4.21 Å². The SMILES string of the molecule is Cc1ccc(S(=O)(=O)c2csc(S(=O)(=O)Cl)c2)cc1. The molecule has 0 spiro atoms. The number of thiophene rings is 1. The number of aryl methyl sites for hydroxylation is 1. The highest BCUT2D eigenvalue weighted by atomic mass is 35.7. The Kier molecular flexibility index (Phi) is 3.74. The standard InChI is InChI=1S/C11H9ClO4S3/c1-8-2-4-9(5-3-8)18(13,14)10-6-11(17-7-10)19(12,15)16/h2-7H,1H3. The van der Waals surface area contributed by atoms with Gasteiger partial charge in [0.2, 0.25) is 9.84 Å². The minimum Gasteiger partial charge on any atom is -0.218 e. The lowest BCUT2D eigenvalue weighted by Gasteiger charge is -2.02. The van der Waals surface area contributed by atoms with Crippen LogP contribution in [0.4, 0.5) is 0 Å². The molecule has 102 valence electrons. The van der Waals surface area contributed by atoms with Crippen LogP contribution in [0.15, 0.2) is 49.7 Å². The molecule has 0 saturated heterocycles. The van der Waals surface area contributed by atoms with Gasteiger partial charge in [0.25, 0.3) is 9.05 Å². The molecular formula is C11H9ClO4S3. The zero-order chi connectivity index (χ0) is 14.3. The largest absolute Gasteiger partial charge is 0.270 e. The molecule has 19 heavy (non-hydrogen) atoms. The topological polar surface area (TPSA) is 68.3 Å². The first-order chi connectivity index (χ1) is 8.71. The Morgan fingerprint density at radius 3 is 2.05 bits per heavy atom. The Balaban J connectivity index is 2.51. The van der Waals surface area contributed by atoms with E-state index in [9.17, 15) is 16.8 Å². The lowest BCUT2D eigenvalue weighted by Crippen LogP contribution is -2.00. The summed E-state index contributed by atoms with van der Waals surface area (Å²) < 4.78 is 46.6. The molecule has 2 aromatic rings. The van der Waals surface area contributed by atoms with Gasteiger partial charge in [-0.3, -0.25) is 0 Å². The van der Waals surface area contributed by atoms with Crippen LogP contribution >= 0.6 is 22.0 Å². The van der Waals surface area contributed by atoms with Crippen molar-refractivity contribution < 1.29 is 16.8 Å². The van der Waals surface area contributed by atoms with Gasteiger partial charge in [-0.15, -0.1) is 11.3 Å². The van der Waals surface area contributed by atoms with Crippen molar-refractivity contribution in [3.63, 3.8) is 0 Å². The fourth-order valence-electron chi connectivity index (χ4n) is 1.42. The van der Waals surface area contributed by atoms with Gasteiger partial charge < -0.3 is 0 Å². The number of benzene rings is 1. The van der Waals surface area contributed by atoms with Gasteiger partial charge in [0.15, 0.2) is 0 Å². The summed E-state index contributed by atoms with van der Waals surface area (Å²) in [4.78, 5) is 0.0509. The lowest BCUT2D eigenvalue weighted by molar-refractivity contribution is 0.596. The first-order valence-electron chi connectivity index (χ1n) is 5.06. The number of sulfone groups is 1.